The van der Waals surface area contributed by atoms with Crippen LogP contribution in [0.25, 0.3) is 22.6 Å². The third kappa shape index (κ3) is 3.73. The first-order valence-electron chi connectivity index (χ1n) is 11.0. The molecule has 168 valence electrons. The van der Waals surface area contributed by atoms with Crippen LogP contribution in [0.1, 0.15) is 35.6 Å². The van der Waals surface area contributed by atoms with Gasteiger partial charge in [-0.15, -0.1) is 0 Å². The maximum atomic E-state index is 15.3. The Balaban J connectivity index is 1.48. The largest absolute Gasteiger partial charge is 0.481 e. The third-order valence-electron chi connectivity index (χ3n) is 6.43. The van der Waals surface area contributed by atoms with Crippen molar-refractivity contribution in [2.24, 2.45) is 0 Å². The Bertz CT molecular complexity index is 1170. The Morgan fingerprint density at radius 2 is 2.16 bits per heavy atom. The van der Waals surface area contributed by atoms with Gasteiger partial charge in [-0.3, -0.25) is 4.79 Å². The minimum atomic E-state index is -0.854. The second-order valence-corrected chi connectivity index (χ2v) is 8.36. The van der Waals surface area contributed by atoms with Crippen LogP contribution in [0.15, 0.2) is 28.7 Å². The second-order valence-electron chi connectivity index (χ2n) is 8.36. The highest BCUT2D eigenvalue weighted by molar-refractivity contribution is 5.81. The molecule has 0 saturated carbocycles. The smallest absolute Gasteiger partial charge is 0.304 e. The van der Waals surface area contributed by atoms with E-state index in [0.717, 1.165) is 41.9 Å². The van der Waals surface area contributed by atoms with E-state index in [-0.39, 0.29) is 23.9 Å². The van der Waals surface area contributed by atoms with Crippen molar-refractivity contribution in [1.29, 1.82) is 0 Å². The summed E-state index contributed by atoms with van der Waals surface area (Å²) in [7, 11) is 0. The number of anilines is 1. The van der Waals surface area contributed by atoms with Crippen LogP contribution in [-0.2, 0) is 16.0 Å². The molecular formula is C24H26FN3O4. The number of nitrogens with zero attached hydrogens (tertiary/aromatic N) is 2. The van der Waals surface area contributed by atoms with Gasteiger partial charge in [0.05, 0.1) is 19.6 Å². The molecule has 1 fully saturated rings. The number of nitrogens with one attached hydrogen (secondary N) is 1. The van der Waals surface area contributed by atoms with Crippen LogP contribution in [-0.4, -0.2) is 48.9 Å². The standard InChI is InChI=1S/C24H26FN3O4/c1-14-15(3-2-4-20(14)28-9-11-31-12-10-28)24-27-19-13-17-16(22(25)23(19)32-24)5-6-18(17)26-8-7-21(29)30/h2-4,13,18,26H,5-12H2,1H3,(H,29,30)/t18-/m1/s1. The Labute approximate surface area is 185 Å². The summed E-state index contributed by atoms with van der Waals surface area (Å²) in [5, 5.41) is 12.1. The molecule has 1 aliphatic carbocycles. The highest BCUT2D eigenvalue weighted by atomic mass is 19.1. The molecule has 1 aromatic heterocycles. The fraction of sp³-hybridized carbons (Fsp3) is 0.417. The SMILES string of the molecule is Cc1c(-c2nc3cc4c(c(F)c3o2)CC[C@H]4NCCC(=O)O)cccc1N1CCOCC1. The molecule has 3 aromatic rings. The van der Waals surface area contributed by atoms with E-state index in [1.165, 1.54) is 0 Å². The van der Waals surface area contributed by atoms with Crippen LogP contribution in [0.2, 0.25) is 0 Å². The number of hydrogen-bond acceptors (Lipinski definition) is 6. The summed E-state index contributed by atoms with van der Waals surface area (Å²) in [4.78, 5) is 17.7. The zero-order chi connectivity index (χ0) is 22.2. The molecule has 0 bridgehead atoms. The van der Waals surface area contributed by atoms with E-state index in [4.69, 9.17) is 14.3 Å². The van der Waals surface area contributed by atoms with Gasteiger partial charge >= 0.3 is 5.97 Å². The number of ether oxygens (including phenoxy) is 1. The van der Waals surface area contributed by atoms with E-state index >= 15 is 4.39 Å². The van der Waals surface area contributed by atoms with Gasteiger partial charge in [-0.1, -0.05) is 6.07 Å². The lowest BCUT2D eigenvalue weighted by Crippen LogP contribution is -2.36. The van der Waals surface area contributed by atoms with Crippen molar-refractivity contribution in [3.63, 3.8) is 0 Å². The van der Waals surface area contributed by atoms with E-state index in [9.17, 15) is 4.79 Å². The average molecular weight is 439 g/mol. The molecule has 2 heterocycles. The van der Waals surface area contributed by atoms with Gasteiger partial charge in [-0.2, -0.15) is 0 Å². The van der Waals surface area contributed by atoms with Crippen LogP contribution in [0.3, 0.4) is 0 Å². The van der Waals surface area contributed by atoms with E-state index < -0.39 is 5.97 Å². The van der Waals surface area contributed by atoms with E-state index in [1.54, 1.807) is 0 Å². The van der Waals surface area contributed by atoms with Crippen molar-refractivity contribution in [2.75, 3.05) is 37.7 Å². The fourth-order valence-electron chi connectivity index (χ4n) is 4.78. The Morgan fingerprint density at radius 3 is 2.94 bits per heavy atom. The van der Waals surface area contributed by atoms with Crippen molar-refractivity contribution in [1.82, 2.24) is 10.3 Å². The molecule has 5 rings (SSSR count). The van der Waals surface area contributed by atoms with Crippen LogP contribution in [0.5, 0.6) is 0 Å². The normalized spacial score (nSPS) is 18.3. The van der Waals surface area contributed by atoms with Crippen molar-refractivity contribution in [3.05, 3.63) is 46.8 Å². The lowest BCUT2D eigenvalue weighted by molar-refractivity contribution is -0.136. The Morgan fingerprint density at radius 1 is 1.34 bits per heavy atom. The van der Waals surface area contributed by atoms with Gasteiger partial charge in [0.15, 0.2) is 11.4 Å². The number of benzene rings is 2. The zero-order valence-electron chi connectivity index (χ0n) is 18.0. The number of morpholine rings is 1. The Kier molecular flexibility index (Phi) is 5.57. The average Bonchev–Trinajstić information content (AvgIpc) is 3.39. The van der Waals surface area contributed by atoms with Gasteiger partial charge in [-0.25, -0.2) is 9.37 Å². The Hall–Kier alpha value is -2.97. The fourth-order valence-corrected chi connectivity index (χ4v) is 4.78. The maximum absolute atomic E-state index is 15.3. The molecule has 2 N–H and O–H groups in total. The molecule has 7 nitrogen and oxygen atoms in total. The third-order valence-corrected chi connectivity index (χ3v) is 6.43. The number of carboxylic acid groups (broad SMARTS) is 1. The summed E-state index contributed by atoms with van der Waals surface area (Å²) in [6.07, 6.45) is 1.35. The first-order valence-corrected chi connectivity index (χ1v) is 11.0. The summed E-state index contributed by atoms with van der Waals surface area (Å²) >= 11 is 0. The molecule has 0 spiro atoms. The number of aliphatic carboxylic acids is 1. The predicted molar refractivity (Wildman–Crippen MR) is 118 cm³/mol. The summed E-state index contributed by atoms with van der Waals surface area (Å²) in [6.45, 7) is 5.44. The molecule has 0 radical (unpaired) electrons. The number of halogens is 1. The van der Waals surface area contributed by atoms with Gasteiger partial charge in [0.1, 0.15) is 5.52 Å². The minimum Gasteiger partial charge on any atom is -0.481 e. The molecule has 0 amide bonds. The molecule has 1 saturated heterocycles. The van der Waals surface area contributed by atoms with Crippen LogP contribution in [0, 0.1) is 12.7 Å². The number of carbonyl (C=O) groups is 1. The molecule has 32 heavy (non-hydrogen) atoms. The summed E-state index contributed by atoms with van der Waals surface area (Å²) < 4.78 is 26.7. The topological polar surface area (TPSA) is 87.8 Å². The summed E-state index contributed by atoms with van der Waals surface area (Å²) in [5.74, 6) is -0.806. The number of hydrogen-bond donors (Lipinski definition) is 2. The zero-order valence-corrected chi connectivity index (χ0v) is 18.0. The number of oxazole rings is 1. The first kappa shape index (κ1) is 20.9. The number of rotatable bonds is 6. The first-order chi connectivity index (χ1) is 15.5. The molecule has 2 aromatic carbocycles. The predicted octanol–water partition coefficient (Wildman–Crippen LogP) is 3.83. The van der Waals surface area contributed by atoms with E-state index in [1.807, 2.05) is 25.1 Å². The van der Waals surface area contributed by atoms with Gasteiger partial charge in [-0.05, 0) is 54.7 Å². The van der Waals surface area contributed by atoms with Gasteiger partial charge in [0, 0.05) is 36.9 Å². The lowest BCUT2D eigenvalue weighted by Gasteiger charge is -2.30. The van der Waals surface area contributed by atoms with Crippen molar-refractivity contribution < 1.29 is 23.4 Å². The lowest BCUT2D eigenvalue weighted by atomic mass is 10.1. The maximum Gasteiger partial charge on any atom is 0.304 e. The summed E-state index contributed by atoms with van der Waals surface area (Å²) in [5.41, 5.74) is 5.15. The minimum absolute atomic E-state index is 0.0312. The van der Waals surface area contributed by atoms with Gasteiger partial charge in [0.2, 0.25) is 5.89 Å². The van der Waals surface area contributed by atoms with E-state index in [2.05, 4.69) is 21.3 Å². The van der Waals surface area contributed by atoms with Crippen molar-refractivity contribution >= 4 is 22.8 Å². The van der Waals surface area contributed by atoms with Gasteiger partial charge < -0.3 is 24.5 Å². The van der Waals surface area contributed by atoms with Crippen molar-refractivity contribution in [2.45, 2.75) is 32.2 Å². The number of aromatic nitrogens is 1. The van der Waals surface area contributed by atoms with Crippen LogP contribution >= 0.6 is 0 Å². The summed E-state index contributed by atoms with van der Waals surface area (Å²) in [6, 6.07) is 7.81. The molecule has 1 aliphatic heterocycles. The quantitative estimate of drug-likeness (QED) is 0.604. The second kappa shape index (κ2) is 8.52. The molecule has 0 unspecified atom stereocenters. The highest BCUT2D eigenvalue weighted by Crippen LogP contribution is 2.39. The molecular weight excluding hydrogens is 413 g/mol. The molecule has 8 heteroatoms. The van der Waals surface area contributed by atoms with Crippen LogP contribution < -0.4 is 10.2 Å². The number of fused-ring (bicyclic) bond motifs is 2. The monoisotopic (exact) mass is 439 g/mol. The van der Waals surface area contributed by atoms with E-state index in [0.29, 0.717) is 43.2 Å². The number of carboxylic acids is 1. The van der Waals surface area contributed by atoms with Gasteiger partial charge in [0.25, 0.3) is 0 Å². The highest BCUT2D eigenvalue weighted by Gasteiger charge is 2.29. The molecule has 1 atom stereocenters. The molecule has 2 aliphatic rings. The van der Waals surface area contributed by atoms with Crippen molar-refractivity contribution in [3.8, 4) is 11.5 Å². The van der Waals surface area contributed by atoms with Crippen LogP contribution in [0.4, 0.5) is 10.1 Å².